The van der Waals surface area contributed by atoms with E-state index in [1.54, 1.807) is 12.1 Å². The SMILES string of the molecule is O=C(COC[C@H]1CCNC1)c1ccco1. The Kier molecular flexibility index (Phi) is 3.53. The third-order valence-electron chi connectivity index (χ3n) is 2.55. The van der Waals surface area contributed by atoms with E-state index >= 15 is 0 Å². The lowest BCUT2D eigenvalue weighted by atomic mass is 10.1. The fourth-order valence-electron chi connectivity index (χ4n) is 1.68. The van der Waals surface area contributed by atoms with Gasteiger partial charge in [0, 0.05) is 6.54 Å². The number of ether oxygens (including phenoxy) is 1. The third kappa shape index (κ3) is 2.91. The fourth-order valence-corrected chi connectivity index (χ4v) is 1.68. The van der Waals surface area contributed by atoms with Gasteiger partial charge in [-0.05, 0) is 31.0 Å². The Morgan fingerprint density at radius 3 is 3.27 bits per heavy atom. The molecule has 82 valence electrons. The summed E-state index contributed by atoms with van der Waals surface area (Å²) < 4.78 is 10.3. The van der Waals surface area contributed by atoms with Gasteiger partial charge in [-0.2, -0.15) is 0 Å². The van der Waals surface area contributed by atoms with Crippen LogP contribution in [0.3, 0.4) is 0 Å². The Balaban J connectivity index is 1.67. The maximum Gasteiger partial charge on any atom is 0.223 e. The van der Waals surface area contributed by atoms with Crippen molar-refractivity contribution in [2.45, 2.75) is 6.42 Å². The third-order valence-corrected chi connectivity index (χ3v) is 2.55. The van der Waals surface area contributed by atoms with Crippen LogP contribution >= 0.6 is 0 Å². The van der Waals surface area contributed by atoms with Crippen LogP contribution in [0.25, 0.3) is 0 Å². The van der Waals surface area contributed by atoms with Gasteiger partial charge in [0.2, 0.25) is 5.78 Å². The molecule has 1 fully saturated rings. The Labute approximate surface area is 88.6 Å². The van der Waals surface area contributed by atoms with Crippen molar-refractivity contribution in [1.82, 2.24) is 5.32 Å². The van der Waals surface area contributed by atoms with E-state index in [4.69, 9.17) is 9.15 Å². The predicted octanol–water partition coefficient (Wildman–Crippen LogP) is 1.09. The molecule has 0 aliphatic carbocycles. The molecule has 0 spiro atoms. The molecule has 0 unspecified atom stereocenters. The highest BCUT2D eigenvalue weighted by Crippen LogP contribution is 2.08. The molecule has 0 aromatic carbocycles. The van der Waals surface area contributed by atoms with Crippen molar-refractivity contribution in [1.29, 1.82) is 0 Å². The molecule has 1 aromatic rings. The van der Waals surface area contributed by atoms with E-state index in [1.807, 2.05) is 0 Å². The first-order valence-electron chi connectivity index (χ1n) is 5.21. The summed E-state index contributed by atoms with van der Waals surface area (Å²) in [5, 5.41) is 3.25. The van der Waals surface area contributed by atoms with Crippen LogP contribution in [0.5, 0.6) is 0 Å². The summed E-state index contributed by atoms with van der Waals surface area (Å²) in [7, 11) is 0. The number of furan rings is 1. The number of Topliss-reactive ketones (excluding diaryl/α,β-unsaturated/α-hetero) is 1. The van der Waals surface area contributed by atoms with Gasteiger partial charge in [0.15, 0.2) is 5.76 Å². The van der Waals surface area contributed by atoms with Gasteiger partial charge in [-0.25, -0.2) is 0 Å². The van der Waals surface area contributed by atoms with E-state index in [0.29, 0.717) is 18.3 Å². The van der Waals surface area contributed by atoms with Crippen LogP contribution in [0, 0.1) is 5.92 Å². The zero-order valence-electron chi connectivity index (χ0n) is 8.57. The number of carbonyl (C=O) groups is 1. The maximum atomic E-state index is 11.4. The van der Waals surface area contributed by atoms with Gasteiger partial charge in [-0.3, -0.25) is 4.79 Å². The zero-order valence-corrected chi connectivity index (χ0v) is 8.57. The second-order valence-electron chi connectivity index (χ2n) is 3.77. The maximum absolute atomic E-state index is 11.4. The van der Waals surface area contributed by atoms with Crippen LogP contribution in [0.15, 0.2) is 22.8 Å². The summed E-state index contributed by atoms with van der Waals surface area (Å²) in [6.45, 7) is 2.82. The Hall–Kier alpha value is -1.13. The van der Waals surface area contributed by atoms with Gasteiger partial charge in [-0.15, -0.1) is 0 Å². The van der Waals surface area contributed by atoms with Crippen molar-refractivity contribution >= 4 is 5.78 Å². The van der Waals surface area contributed by atoms with Crippen molar-refractivity contribution in [3.8, 4) is 0 Å². The quantitative estimate of drug-likeness (QED) is 0.737. The van der Waals surface area contributed by atoms with Gasteiger partial charge in [0.1, 0.15) is 6.61 Å². The lowest BCUT2D eigenvalue weighted by Gasteiger charge is -2.07. The molecule has 1 N–H and O–H groups in total. The monoisotopic (exact) mass is 209 g/mol. The first kappa shape index (κ1) is 10.4. The number of hydrogen-bond donors (Lipinski definition) is 1. The standard InChI is InChI=1S/C11H15NO3/c13-10(11-2-1-5-15-11)8-14-7-9-3-4-12-6-9/h1-2,5,9,12H,3-4,6-8H2/t9-/m0/s1. The van der Waals surface area contributed by atoms with Gasteiger partial charge in [0.05, 0.1) is 12.9 Å². The van der Waals surface area contributed by atoms with Crippen LogP contribution < -0.4 is 5.32 Å². The van der Waals surface area contributed by atoms with E-state index in [2.05, 4.69) is 5.32 Å². The van der Waals surface area contributed by atoms with Gasteiger partial charge in [0.25, 0.3) is 0 Å². The lowest BCUT2D eigenvalue weighted by molar-refractivity contribution is 0.0667. The number of carbonyl (C=O) groups excluding carboxylic acids is 1. The molecule has 0 amide bonds. The van der Waals surface area contributed by atoms with Gasteiger partial charge < -0.3 is 14.5 Å². The fraction of sp³-hybridized carbons (Fsp3) is 0.545. The second-order valence-corrected chi connectivity index (χ2v) is 3.77. The Morgan fingerprint density at radius 1 is 1.67 bits per heavy atom. The molecule has 0 saturated carbocycles. The largest absolute Gasteiger partial charge is 0.461 e. The van der Waals surface area contributed by atoms with Crippen LogP contribution in [-0.2, 0) is 4.74 Å². The van der Waals surface area contributed by atoms with E-state index < -0.39 is 0 Å². The van der Waals surface area contributed by atoms with Crippen molar-refractivity contribution in [3.05, 3.63) is 24.2 Å². The lowest BCUT2D eigenvalue weighted by Crippen LogP contribution is -2.17. The van der Waals surface area contributed by atoms with Crippen molar-refractivity contribution in [2.24, 2.45) is 5.92 Å². The molecular weight excluding hydrogens is 194 g/mol. The summed E-state index contributed by atoms with van der Waals surface area (Å²) in [5.41, 5.74) is 0. The highest BCUT2D eigenvalue weighted by Gasteiger charge is 2.15. The second kappa shape index (κ2) is 5.09. The number of rotatable bonds is 5. The molecule has 1 aliphatic heterocycles. The van der Waals surface area contributed by atoms with Gasteiger partial charge in [-0.1, -0.05) is 0 Å². The topological polar surface area (TPSA) is 51.5 Å². The van der Waals surface area contributed by atoms with Crippen LogP contribution in [0.4, 0.5) is 0 Å². The smallest absolute Gasteiger partial charge is 0.223 e. The highest BCUT2D eigenvalue weighted by molar-refractivity contribution is 5.94. The molecule has 2 heterocycles. The van der Waals surface area contributed by atoms with Crippen LogP contribution in [0.1, 0.15) is 17.0 Å². The summed E-state index contributed by atoms with van der Waals surface area (Å²) >= 11 is 0. The molecule has 1 saturated heterocycles. The minimum absolute atomic E-state index is 0.0917. The Morgan fingerprint density at radius 2 is 2.60 bits per heavy atom. The minimum Gasteiger partial charge on any atom is -0.461 e. The number of hydrogen-bond acceptors (Lipinski definition) is 4. The molecule has 2 rings (SSSR count). The van der Waals surface area contributed by atoms with Gasteiger partial charge >= 0.3 is 0 Å². The summed E-state index contributed by atoms with van der Waals surface area (Å²) in [6.07, 6.45) is 2.63. The predicted molar refractivity (Wildman–Crippen MR) is 54.8 cm³/mol. The van der Waals surface area contributed by atoms with Crippen molar-refractivity contribution in [3.63, 3.8) is 0 Å². The first-order valence-corrected chi connectivity index (χ1v) is 5.21. The molecule has 0 bridgehead atoms. The van der Waals surface area contributed by atoms with E-state index in [-0.39, 0.29) is 12.4 Å². The minimum atomic E-state index is -0.0917. The van der Waals surface area contributed by atoms with E-state index in [9.17, 15) is 4.79 Å². The number of ketones is 1. The Bertz CT molecular complexity index is 302. The molecule has 1 atom stereocenters. The zero-order chi connectivity index (χ0) is 10.5. The van der Waals surface area contributed by atoms with E-state index in [1.165, 1.54) is 6.26 Å². The molecule has 4 nitrogen and oxygen atoms in total. The summed E-state index contributed by atoms with van der Waals surface area (Å²) in [6, 6.07) is 3.36. The number of nitrogens with one attached hydrogen (secondary N) is 1. The van der Waals surface area contributed by atoms with E-state index in [0.717, 1.165) is 19.5 Å². The highest BCUT2D eigenvalue weighted by atomic mass is 16.5. The average Bonchev–Trinajstić information content (AvgIpc) is 2.90. The van der Waals surface area contributed by atoms with Crippen molar-refractivity contribution < 1.29 is 13.9 Å². The molecule has 1 aromatic heterocycles. The average molecular weight is 209 g/mol. The first-order chi connectivity index (χ1) is 7.36. The molecule has 0 radical (unpaired) electrons. The molecule has 1 aliphatic rings. The van der Waals surface area contributed by atoms with Crippen LogP contribution in [-0.4, -0.2) is 32.1 Å². The molecule has 4 heteroatoms. The van der Waals surface area contributed by atoms with Crippen molar-refractivity contribution in [2.75, 3.05) is 26.3 Å². The summed E-state index contributed by atoms with van der Waals surface area (Å²) in [5.74, 6) is 0.833. The normalized spacial score (nSPS) is 20.7. The van der Waals surface area contributed by atoms with Crippen LogP contribution in [0.2, 0.25) is 0 Å². The summed E-state index contributed by atoms with van der Waals surface area (Å²) in [4.78, 5) is 11.4. The molecular formula is C11H15NO3. The molecule has 15 heavy (non-hydrogen) atoms.